The molecule has 2 fully saturated rings. The molecule has 4 nitrogen and oxygen atoms in total. The molecule has 2 aliphatic carbocycles. The molecule has 1 aromatic heterocycles. The summed E-state index contributed by atoms with van der Waals surface area (Å²) in [5.41, 5.74) is 1.17. The molecule has 2 bridgehead atoms. The maximum absolute atomic E-state index is 12.0. The Bertz CT molecular complexity index is 874. The van der Waals surface area contributed by atoms with Crippen LogP contribution in [0, 0.1) is 17.8 Å². The number of H-pyrrole nitrogens is 1. The Hall–Kier alpha value is -1.40. The van der Waals surface area contributed by atoms with Gasteiger partial charge in [-0.05, 0) is 61.6 Å². The fourth-order valence-electron chi connectivity index (χ4n) is 5.22. The minimum atomic E-state index is 0.0404. The molecule has 132 valence electrons. The number of aromatic nitrogens is 1. The van der Waals surface area contributed by atoms with Gasteiger partial charge in [0.15, 0.2) is 11.5 Å². The Kier molecular flexibility index (Phi) is 3.68. The number of thioether (sulfide) groups is 1. The Balaban J connectivity index is 1.65. The van der Waals surface area contributed by atoms with Crippen molar-refractivity contribution in [3.05, 3.63) is 38.3 Å². The average molecular weight is 376 g/mol. The maximum atomic E-state index is 12.0. The first-order valence-electron chi connectivity index (χ1n) is 9.01. The van der Waals surface area contributed by atoms with Gasteiger partial charge >= 0.3 is 4.87 Å². The first-order valence-corrected chi connectivity index (χ1v) is 10.7. The number of hydrogen-bond donors (Lipinski definition) is 2. The number of aromatic hydroxyl groups is 1. The van der Waals surface area contributed by atoms with Crippen molar-refractivity contribution in [1.82, 2.24) is 4.98 Å². The Morgan fingerprint density at radius 1 is 1.32 bits per heavy atom. The number of phenolic OH excluding ortho intramolecular Hbond substituents is 1. The summed E-state index contributed by atoms with van der Waals surface area (Å²) in [5, 5.41) is 11.7. The molecule has 1 aliphatic heterocycles. The second kappa shape index (κ2) is 5.81. The van der Waals surface area contributed by atoms with Crippen LogP contribution < -0.4 is 9.61 Å². The van der Waals surface area contributed by atoms with E-state index >= 15 is 0 Å². The summed E-state index contributed by atoms with van der Waals surface area (Å²) in [6.07, 6.45) is 3.97. The monoisotopic (exact) mass is 375 g/mol. The zero-order chi connectivity index (χ0) is 17.1. The highest BCUT2D eigenvalue weighted by Crippen LogP contribution is 2.63. The number of fused-ring (bicyclic) bond motifs is 6. The molecule has 2 N–H and O–H groups in total. The van der Waals surface area contributed by atoms with Crippen molar-refractivity contribution in [3.8, 4) is 11.5 Å². The van der Waals surface area contributed by atoms with Crippen LogP contribution in [0.3, 0.4) is 0 Å². The van der Waals surface area contributed by atoms with Gasteiger partial charge in [-0.2, -0.15) is 0 Å². The lowest BCUT2D eigenvalue weighted by Gasteiger charge is -2.40. The average Bonchev–Trinajstić information content (AvgIpc) is 3.28. The first-order chi connectivity index (χ1) is 12.2. The van der Waals surface area contributed by atoms with Crippen molar-refractivity contribution < 1.29 is 9.84 Å². The molecule has 0 spiro atoms. The van der Waals surface area contributed by atoms with Crippen LogP contribution in [0.5, 0.6) is 11.5 Å². The summed E-state index contributed by atoms with van der Waals surface area (Å²) in [5.74, 6) is 3.08. The molecule has 6 heteroatoms. The van der Waals surface area contributed by atoms with Gasteiger partial charge in [-0.15, -0.1) is 11.8 Å². The lowest BCUT2D eigenvalue weighted by molar-refractivity contribution is 0.302. The lowest BCUT2D eigenvalue weighted by atomic mass is 9.75. The molecule has 0 radical (unpaired) electrons. The highest BCUT2D eigenvalue weighted by atomic mass is 32.2. The molecule has 5 rings (SSSR count). The van der Waals surface area contributed by atoms with Gasteiger partial charge in [0.25, 0.3) is 0 Å². The molecule has 0 saturated heterocycles. The molecule has 0 unspecified atom stereocenters. The van der Waals surface area contributed by atoms with Crippen LogP contribution in [0.2, 0.25) is 0 Å². The van der Waals surface area contributed by atoms with Crippen LogP contribution in [0.1, 0.15) is 42.5 Å². The number of phenols is 1. The largest absolute Gasteiger partial charge is 0.504 e. The van der Waals surface area contributed by atoms with Gasteiger partial charge in [-0.1, -0.05) is 17.4 Å². The molecular formula is C19H21NO3S2. The van der Waals surface area contributed by atoms with E-state index in [-0.39, 0.29) is 16.5 Å². The third kappa shape index (κ3) is 2.37. The minimum Gasteiger partial charge on any atom is -0.504 e. The second-order valence-electron chi connectivity index (χ2n) is 7.34. The quantitative estimate of drug-likeness (QED) is 0.844. The molecule has 5 atom stereocenters. The summed E-state index contributed by atoms with van der Waals surface area (Å²) in [6.45, 7) is 2.45. The first kappa shape index (κ1) is 15.8. The van der Waals surface area contributed by atoms with Gasteiger partial charge in [0.1, 0.15) is 0 Å². The van der Waals surface area contributed by atoms with Crippen molar-refractivity contribution in [3.63, 3.8) is 0 Å². The minimum absolute atomic E-state index is 0.0404. The predicted molar refractivity (Wildman–Crippen MR) is 100 cm³/mol. The Morgan fingerprint density at radius 2 is 2.16 bits per heavy atom. The third-order valence-corrected chi connectivity index (χ3v) is 8.73. The van der Waals surface area contributed by atoms with Gasteiger partial charge < -0.3 is 14.8 Å². The molecule has 2 saturated carbocycles. The molecule has 0 amide bonds. The smallest absolute Gasteiger partial charge is 0.305 e. The summed E-state index contributed by atoms with van der Waals surface area (Å²) in [4.78, 5) is 16.3. The van der Waals surface area contributed by atoms with Crippen LogP contribution in [-0.4, -0.2) is 21.9 Å². The molecule has 3 aliphatic rings. The number of hydrogen-bond acceptors (Lipinski definition) is 5. The molecule has 2 heterocycles. The van der Waals surface area contributed by atoms with Crippen LogP contribution in [0.25, 0.3) is 0 Å². The maximum Gasteiger partial charge on any atom is 0.305 e. The van der Waals surface area contributed by atoms with Gasteiger partial charge in [0, 0.05) is 16.0 Å². The van der Waals surface area contributed by atoms with Crippen molar-refractivity contribution in [2.24, 2.45) is 17.8 Å². The van der Waals surface area contributed by atoms with E-state index in [1.165, 1.54) is 41.0 Å². The van der Waals surface area contributed by atoms with E-state index in [9.17, 15) is 9.90 Å². The normalized spacial score (nSPS) is 32.4. The van der Waals surface area contributed by atoms with Crippen LogP contribution in [-0.2, 0) is 0 Å². The van der Waals surface area contributed by atoms with E-state index in [4.69, 9.17) is 4.74 Å². The number of rotatable bonds is 3. The van der Waals surface area contributed by atoms with Crippen molar-refractivity contribution in [2.45, 2.75) is 42.4 Å². The Morgan fingerprint density at radius 3 is 3.00 bits per heavy atom. The highest BCUT2D eigenvalue weighted by Gasteiger charge is 2.54. The second-order valence-corrected chi connectivity index (χ2v) is 9.54. The van der Waals surface area contributed by atoms with Crippen LogP contribution in [0.15, 0.2) is 28.0 Å². The van der Waals surface area contributed by atoms with E-state index in [0.717, 1.165) is 16.9 Å². The van der Waals surface area contributed by atoms with Crippen molar-refractivity contribution >= 4 is 23.1 Å². The molecule has 25 heavy (non-hydrogen) atoms. The van der Waals surface area contributed by atoms with E-state index in [1.54, 1.807) is 6.07 Å². The number of ether oxygens (including phenoxy) is 1. The van der Waals surface area contributed by atoms with E-state index in [1.807, 2.05) is 30.8 Å². The zero-order valence-electron chi connectivity index (χ0n) is 14.0. The summed E-state index contributed by atoms with van der Waals surface area (Å²) in [6, 6.07) is 5.73. The predicted octanol–water partition coefficient (Wildman–Crippen LogP) is 4.19. The van der Waals surface area contributed by atoms with Crippen LogP contribution >= 0.6 is 23.1 Å². The number of aromatic amines is 1. The van der Waals surface area contributed by atoms with Gasteiger partial charge in [0.05, 0.1) is 11.6 Å². The molecule has 1 aromatic carbocycles. The van der Waals surface area contributed by atoms with E-state index < -0.39 is 0 Å². The van der Waals surface area contributed by atoms with Crippen molar-refractivity contribution in [1.29, 1.82) is 0 Å². The lowest BCUT2D eigenvalue weighted by Crippen LogP contribution is -2.33. The Labute approximate surface area is 154 Å². The topological polar surface area (TPSA) is 62.3 Å². The van der Waals surface area contributed by atoms with Gasteiger partial charge in [0.2, 0.25) is 0 Å². The van der Waals surface area contributed by atoms with Gasteiger partial charge in [-0.3, -0.25) is 4.79 Å². The number of thiazole rings is 1. The number of benzene rings is 1. The van der Waals surface area contributed by atoms with E-state index in [2.05, 4.69) is 4.98 Å². The molecule has 2 aromatic rings. The standard InChI is InChI=1S/C19H21NO3S2/c1-2-23-13-8-10(5-6-12(13)21)15-14-9-3-4-11(7-9)16(14)24-18-17(15)25-19(22)20-18/h5-6,8-9,11,14-16,21H,2-4,7H2,1H3,(H,20,22)/t9-,11+,14+,15+,16-/m0/s1. The fraction of sp³-hybridized carbons (Fsp3) is 0.526. The fourth-order valence-corrected chi connectivity index (χ4v) is 8.11. The van der Waals surface area contributed by atoms with E-state index in [0.29, 0.717) is 23.5 Å². The summed E-state index contributed by atoms with van der Waals surface area (Å²) in [7, 11) is 0. The molecular weight excluding hydrogens is 354 g/mol. The third-order valence-electron chi connectivity index (χ3n) is 6.11. The van der Waals surface area contributed by atoms with Gasteiger partial charge in [-0.25, -0.2) is 0 Å². The SMILES string of the molecule is CCOc1cc([C@H]2c3sc(=O)[nH]c3S[C@H]3[C@@H]4CC[C@@H](C4)[C@H]23)ccc1O. The number of nitrogens with one attached hydrogen (secondary N) is 1. The zero-order valence-corrected chi connectivity index (χ0v) is 15.7. The summed E-state index contributed by atoms with van der Waals surface area (Å²) >= 11 is 3.26. The summed E-state index contributed by atoms with van der Waals surface area (Å²) < 4.78 is 5.61. The van der Waals surface area contributed by atoms with Crippen LogP contribution in [0.4, 0.5) is 0 Å². The highest BCUT2D eigenvalue weighted by molar-refractivity contribution is 8.00. The van der Waals surface area contributed by atoms with Crippen molar-refractivity contribution in [2.75, 3.05) is 6.61 Å².